The molecule has 0 radical (unpaired) electrons. The number of rotatable bonds is 7. The van der Waals surface area contributed by atoms with Crippen molar-refractivity contribution in [1.82, 2.24) is 14.5 Å². The summed E-state index contributed by atoms with van der Waals surface area (Å²) in [5.74, 6) is -0.249. The van der Waals surface area contributed by atoms with E-state index < -0.39 is 10.0 Å². The van der Waals surface area contributed by atoms with E-state index in [1.807, 2.05) is 31.2 Å². The molecule has 0 bridgehead atoms. The Labute approximate surface area is 181 Å². The van der Waals surface area contributed by atoms with Gasteiger partial charge in [0.05, 0.1) is 23.7 Å². The standard InChI is InChI=1S/C24H24FN3O2S/c1-17(15-27-31(2,29)30)24(18-6-4-3-5-7-18)19-8-13-23-20(14-19)16-26-28(23)22-11-9-21(25)10-12-22/h3-14,16-17,24,27H,15H2,1-2H3/t17?,24-/m0/s1. The first kappa shape index (κ1) is 21.2. The van der Waals surface area contributed by atoms with Crippen LogP contribution in [-0.2, 0) is 10.0 Å². The normalized spacial score (nSPS) is 13.9. The van der Waals surface area contributed by atoms with Crippen molar-refractivity contribution in [2.24, 2.45) is 5.92 Å². The molecule has 5 nitrogen and oxygen atoms in total. The first-order chi connectivity index (χ1) is 14.8. The highest BCUT2D eigenvalue weighted by Gasteiger charge is 2.23. The Bertz CT molecular complexity index is 1290. The van der Waals surface area contributed by atoms with E-state index in [-0.39, 0.29) is 17.7 Å². The number of sulfonamides is 1. The second kappa shape index (κ2) is 8.61. The molecule has 0 fully saturated rings. The molecule has 0 aliphatic carbocycles. The average Bonchev–Trinajstić information content (AvgIpc) is 3.17. The fourth-order valence-electron chi connectivity index (χ4n) is 3.94. The monoisotopic (exact) mass is 437 g/mol. The lowest BCUT2D eigenvalue weighted by molar-refractivity contribution is 0.496. The number of fused-ring (bicyclic) bond motifs is 1. The molecular weight excluding hydrogens is 413 g/mol. The van der Waals surface area contributed by atoms with Gasteiger partial charge < -0.3 is 0 Å². The van der Waals surface area contributed by atoms with Crippen LogP contribution in [0.2, 0.25) is 0 Å². The first-order valence-corrected chi connectivity index (χ1v) is 11.9. The summed E-state index contributed by atoms with van der Waals surface area (Å²) in [6.45, 7) is 2.38. The van der Waals surface area contributed by atoms with Crippen LogP contribution in [-0.4, -0.2) is 31.0 Å². The van der Waals surface area contributed by atoms with Gasteiger partial charge in [0.15, 0.2) is 0 Å². The summed E-state index contributed by atoms with van der Waals surface area (Å²) in [7, 11) is -3.27. The molecule has 7 heteroatoms. The Morgan fingerprint density at radius 3 is 2.39 bits per heavy atom. The third-order valence-corrected chi connectivity index (χ3v) is 6.11. The van der Waals surface area contributed by atoms with Gasteiger partial charge in [-0.2, -0.15) is 5.10 Å². The molecule has 0 spiro atoms. The molecule has 160 valence electrons. The molecule has 1 heterocycles. The topological polar surface area (TPSA) is 64.0 Å². The number of halogens is 1. The average molecular weight is 438 g/mol. The third-order valence-electron chi connectivity index (χ3n) is 5.42. The van der Waals surface area contributed by atoms with Crippen molar-refractivity contribution in [3.63, 3.8) is 0 Å². The summed E-state index contributed by atoms with van der Waals surface area (Å²) in [5.41, 5.74) is 3.91. The van der Waals surface area contributed by atoms with Gasteiger partial charge in [0.25, 0.3) is 0 Å². The Kier molecular flexibility index (Phi) is 5.89. The predicted molar refractivity (Wildman–Crippen MR) is 121 cm³/mol. The minimum absolute atomic E-state index is 0.00835. The summed E-state index contributed by atoms with van der Waals surface area (Å²) in [4.78, 5) is 0. The Balaban J connectivity index is 1.73. The molecule has 2 atom stereocenters. The lowest BCUT2D eigenvalue weighted by Gasteiger charge is -2.25. The molecule has 0 saturated carbocycles. The quantitative estimate of drug-likeness (QED) is 0.464. The predicted octanol–water partition coefficient (Wildman–Crippen LogP) is 4.48. The number of hydrogen-bond acceptors (Lipinski definition) is 3. The molecule has 1 unspecified atom stereocenters. The zero-order valence-electron chi connectivity index (χ0n) is 17.4. The molecule has 0 aliphatic rings. The summed E-state index contributed by atoms with van der Waals surface area (Å²) in [6.07, 6.45) is 2.97. The Morgan fingerprint density at radius 1 is 1.00 bits per heavy atom. The van der Waals surface area contributed by atoms with E-state index in [1.54, 1.807) is 23.0 Å². The van der Waals surface area contributed by atoms with Crippen LogP contribution in [0.1, 0.15) is 24.0 Å². The Morgan fingerprint density at radius 2 is 1.71 bits per heavy atom. The van der Waals surface area contributed by atoms with E-state index in [9.17, 15) is 12.8 Å². The van der Waals surface area contributed by atoms with Gasteiger partial charge in [0.1, 0.15) is 5.82 Å². The molecule has 3 aromatic carbocycles. The second-order valence-electron chi connectivity index (χ2n) is 7.84. The van der Waals surface area contributed by atoms with Crippen LogP contribution < -0.4 is 4.72 Å². The molecule has 0 saturated heterocycles. The lowest BCUT2D eigenvalue weighted by atomic mass is 9.81. The minimum Gasteiger partial charge on any atom is -0.233 e. The number of aromatic nitrogens is 2. The van der Waals surface area contributed by atoms with Crippen LogP contribution in [0.4, 0.5) is 4.39 Å². The van der Waals surface area contributed by atoms with Gasteiger partial charge in [-0.15, -0.1) is 0 Å². The summed E-state index contributed by atoms with van der Waals surface area (Å²) < 4.78 is 40.9. The third kappa shape index (κ3) is 4.84. The number of benzene rings is 3. The van der Waals surface area contributed by atoms with Crippen molar-refractivity contribution >= 4 is 20.9 Å². The van der Waals surface area contributed by atoms with Crippen molar-refractivity contribution in [1.29, 1.82) is 0 Å². The summed E-state index contributed by atoms with van der Waals surface area (Å²) >= 11 is 0. The van der Waals surface area contributed by atoms with E-state index in [4.69, 9.17) is 0 Å². The fourth-order valence-corrected chi connectivity index (χ4v) is 4.51. The van der Waals surface area contributed by atoms with Crippen LogP contribution in [0.15, 0.2) is 79.0 Å². The molecule has 31 heavy (non-hydrogen) atoms. The summed E-state index contributed by atoms with van der Waals surface area (Å²) in [5, 5.41) is 5.45. The molecule has 0 amide bonds. The zero-order valence-corrected chi connectivity index (χ0v) is 18.2. The van der Waals surface area contributed by atoms with E-state index in [0.29, 0.717) is 6.54 Å². The van der Waals surface area contributed by atoms with E-state index in [1.165, 1.54) is 18.4 Å². The SMILES string of the molecule is CC(CNS(C)(=O)=O)[C@@H](c1ccccc1)c1ccc2c(cnn2-c2ccc(F)cc2)c1. The van der Waals surface area contributed by atoms with E-state index in [0.717, 1.165) is 27.7 Å². The maximum atomic E-state index is 13.3. The van der Waals surface area contributed by atoms with Crippen molar-refractivity contribution in [2.45, 2.75) is 12.8 Å². The van der Waals surface area contributed by atoms with Crippen molar-refractivity contribution in [3.8, 4) is 5.69 Å². The molecule has 4 aromatic rings. The Hall–Kier alpha value is -3.03. The zero-order chi connectivity index (χ0) is 22.0. The van der Waals surface area contributed by atoms with Crippen molar-refractivity contribution in [3.05, 3.63) is 95.9 Å². The highest BCUT2D eigenvalue weighted by molar-refractivity contribution is 7.88. The molecule has 1 aromatic heterocycles. The van der Waals surface area contributed by atoms with Crippen LogP contribution >= 0.6 is 0 Å². The first-order valence-electron chi connectivity index (χ1n) is 10.0. The van der Waals surface area contributed by atoms with Gasteiger partial charge in [-0.05, 0) is 53.4 Å². The molecule has 4 rings (SSSR count). The molecular formula is C24H24FN3O2S. The van der Waals surface area contributed by atoms with Crippen LogP contribution in [0.3, 0.4) is 0 Å². The van der Waals surface area contributed by atoms with Gasteiger partial charge in [0, 0.05) is 17.8 Å². The van der Waals surface area contributed by atoms with E-state index >= 15 is 0 Å². The maximum absolute atomic E-state index is 13.3. The van der Waals surface area contributed by atoms with Crippen molar-refractivity contribution < 1.29 is 12.8 Å². The van der Waals surface area contributed by atoms with Gasteiger partial charge in [-0.3, -0.25) is 0 Å². The smallest absolute Gasteiger partial charge is 0.208 e. The maximum Gasteiger partial charge on any atom is 0.208 e. The number of hydrogen-bond donors (Lipinski definition) is 1. The van der Waals surface area contributed by atoms with Crippen molar-refractivity contribution in [2.75, 3.05) is 12.8 Å². The second-order valence-corrected chi connectivity index (χ2v) is 9.67. The van der Waals surface area contributed by atoms with Gasteiger partial charge >= 0.3 is 0 Å². The highest BCUT2D eigenvalue weighted by atomic mass is 32.2. The highest BCUT2D eigenvalue weighted by Crippen LogP contribution is 2.34. The van der Waals surface area contributed by atoms with E-state index in [2.05, 4.69) is 34.1 Å². The van der Waals surface area contributed by atoms with Gasteiger partial charge in [0.2, 0.25) is 10.0 Å². The molecule has 1 N–H and O–H groups in total. The van der Waals surface area contributed by atoms with Gasteiger partial charge in [-0.1, -0.05) is 43.3 Å². The van der Waals surface area contributed by atoms with Crippen LogP contribution in [0, 0.1) is 11.7 Å². The summed E-state index contributed by atoms with van der Waals surface area (Å²) in [6, 6.07) is 22.5. The molecule has 0 aliphatic heterocycles. The van der Waals surface area contributed by atoms with Gasteiger partial charge in [-0.25, -0.2) is 22.2 Å². The van der Waals surface area contributed by atoms with Crippen LogP contribution in [0.25, 0.3) is 16.6 Å². The number of nitrogens with one attached hydrogen (secondary N) is 1. The minimum atomic E-state index is -3.27. The lowest BCUT2D eigenvalue weighted by Crippen LogP contribution is -2.30. The number of nitrogens with zero attached hydrogens (tertiary/aromatic N) is 2. The largest absolute Gasteiger partial charge is 0.233 e. The van der Waals surface area contributed by atoms with Crippen LogP contribution in [0.5, 0.6) is 0 Å². The fraction of sp³-hybridized carbons (Fsp3) is 0.208.